The number of hydrogen-bond donors (Lipinski definition) is 1. The predicted octanol–water partition coefficient (Wildman–Crippen LogP) is 2.87. The number of aliphatic hydroxyl groups is 1. The van der Waals surface area contributed by atoms with E-state index in [1.165, 1.54) is 10.4 Å². The van der Waals surface area contributed by atoms with Crippen LogP contribution in [0.1, 0.15) is 58.4 Å². The first-order valence-electron chi connectivity index (χ1n) is 11.9. The molecule has 1 N–H and O–H groups in total. The fraction of sp³-hybridized carbons (Fsp3) is 0.640. The molecule has 1 aliphatic heterocycles. The van der Waals surface area contributed by atoms with Crippen LogP contribution in [0.3, 0.4) is 0 Å². The highest BCUT2D eigenvalue weighted by Crippen LogP contribution is 2.34. The van der Waals surface area contributed by atoms with Crippen LogP contribution < -0.4 is 4.74 Å². The Kier molecular flexibility index (Phi) is 8.43. The number of likely N-dealkylation sites (N-methyl/N-ethyl adjacent to an activating group) is 1. The van der Waals surface area contributed by atoms with Gasteiger partial charge < -0.3 is 14.7 Å². The second kappa shape index (κ2) is 10.9. The molecule has 182 valence electrons. The Morgan fingerprint density at radius 1 is 1.36 bits per heavy atom. The number of rotatable bonds is 6. The number of sulfonamides is 1. The van der Waals surface area contributed by atoms with Gasteiger partial charge in [0.2, 0.25) is 15.9 Å². The molecule has 1 aromatic carbocycles. The van der Waals surface area contributed by atoms with Crippen molar-refractivity contribution in [2.75, 3.05) is 26.7 Å². The van der Waals surface area contributed by atoms with Gasteiger partial charge in [0.25, 0.3) is 0 Å². The van der Waals surface area contributed by atoms with E-state index in [0.29, 0.717) is 12.1 Å². The Balaban J connectivity index is 1.99. The molecular formula is C25H36N2O5S. The first-order valence-corrected chi connectivity index (χ1v) is 13.3. The zero-order valence-corrected chi connectivity index (χ0v) is 20.9. The summed E-state index contributed by atoms with van der Waals surface area (Å²) in [7, 11) is -2.10. The number of carbonyl (C=O) groups excluding carboxylic acids is 1. The number of amides is 1. The number of benzene rings is 1. The van der Waals surface area contributed by atoms with Crippen LogP contribution in [-0.4, -0.2) is 67.5 Å². The number of fused-ring (bicyclic) bond motifs is 1. The van der Waals surface area contributed by atoms with E-state index < -0.39 is 22.2 Å². The Morgan fingerprint density at radius 3 is 2.70 bits per heavy atom. The summed E-state index contributed by atoms with van der Waals surface area (Å²) in [6.45, 7) is 5.94. The van der Waals surface area contributed by atoms with Crippen molar-refractivity contribution in [2.45, 2.75) is 69.9 Å². The molecule has 0 bridgehead atoms. The summed E-state index contributed by atoms with van der Waals surface area (Å²) in [6.07, 6.45) is 4.23. The number of unbranched alkanes of at least 4 members (excludes halogenated alkanes) is 1. The van der Waals surface area contributed by atoms with Gasteiger partial charge in [0.05, 0.1) is 13.2 Å². The average molecular weight is 477 g/mol. The Hall–Kier alpha value is -2.08. The predicted molar refractivity (Wildman–Crippen MR) is 127 cm³/mol. The molecule has 0 unspecified atom stereocenters. The SMILES string of the molecule is CCCC#Cc1ccc2c(c1)O[C@@H](CN(C)C(=O)C1CCC1)[C@@H](C)CN([C@H](C)CO)S2(=O)=O. The van der Waals surface area contributed by atoms with Gasteiger partial charge in [0.15, 0.2) is 0 Å². The third-order valence-corrected chi connectivity index (χ3v) is 8.58. The standard InChI is InChI=1S/C25H36N2O5S/c1-5-6-7-9-20-12-13-24-22(14-20)32-23(16-26(4)25(29)21-10-8-11-21)18(2)15-27(19(3)17-28)33(24,30)31/h12-14,18-19,21,23,28H,5-6,8,10-11,15-17H2,1-4H3/t18-,19+,23-/m0/s1. The zero-order chi connectivity index (χ0) is 24.2. The highest BCUT2D eigenvalue weighted by atomic mass is 32.2. The van der Waals surface area contributed by atoms with Gasteiger partial charge in [-0.3, -0.25) is 4.79 Å². The summed E-state index contributed by atoms with van der Waals surface area (Å²) in [5, 5.41) is 9.75. The molecule has 1 heterocycles. The van der Waals surface area contributed by atoms with Crippen molar-refractivity contribution < 1.29 is 23.1 Å². The van der Waals surface area contributed by atoms with Crippen molar-refractivity contribution in [1.29, 1.82) is 0 Å². The van der Waals surface area contributed by atoms with Crippen molar-refractivity contribution in [1.82, 2.24) is 9.21 Å². The van der Waals surface area contributed by atoms with E-state index in [1.807, 2.05) is 6.92 Å². The maximum atomic E-state index is 13.5. The summed E-state index contributed by atoms with van der Waals surface area (Å²) in [5.74, 6) is 6.40. The first kappa shape index (κ1) is 25.5. The topological polar surface area (TPSA) is 87.2 Å². The lowest BCUT2D eigenvalue weighted by atomic mass is 9.84. The number of aliphatic hydroxyl groups excluding tert-OH is 1. The fourth-order valence-electron chi connectivity index (χ4n) is 4.14. The first-order chi connectivity index (χ1) is 15.7. The minimum atomic E-state index is -3.89. The van der Waals surface area contributed by atoms with Crippen LogP contribution in [0, 0.1) is 23.7 Å². The largest absolute Gasteiger partial charge is 0.487 e. The van der Waals surface area contributed by atoms with Crippen LogP contribution >= 0.6 is 0 Å². The molecule has 1 amide bonds. The number of nitrogens with zero attached hydrogens (tertiary/aromatic N) is 2. The monoisotopic (exact) mass is 476 g/mol. The molecule has 33 heavy (non-hydrogen) atoms. The molecule has 1 fully saturated rings. The molecule has 7 nitrogen and oxygen atoms in total. The van der Waals surface area contributed by atoms with Gasteiger partial charge in [-0.25, -0.2) is 8.42 Å². The van der Waals surface area contributed by atoms with Crippen molar-refractivity contribution in [3.63, 3.8) is 0 Å². The third-order valence-electron chi connectivity index (χ3n) is 6.56. The minimum absolute atomic E-state index is 0.0636. The van der Waals surface area contributed by atoms with Gasteiger partial charge in [-0.05, 0) is 44.4 Å². The lowest BCUT2D eigenvalue weighted by molar-refractivity contribution is -0.138. The Morgan fingerprint density at radius 2 is 2.09 bits per heavy atom. The molecule has 1 aromatic rings. The molecule has 0 saturated heterocycles. The third kappa shape index (κ3) is 5.71. The fourth-order valence-corrected chi connectivity index (χ4v) is 5.96. The van der Waals surface area contributed by atoms with Crippen LogP contribution in [0.4, 0.5) is 0 Å². The molecule has 2 aliphatic rings. The van der Waals surface area contributed by atoms with Crippen LogP contribution in [0.5, 0.6) is 5.75 Å². The summed E-state index contributed by atoms with van der Waals surface area (Å²) in [5.41, 5.74) is 0.685. The molecule has 3 atom stereocenters. The van der Waals surface area contributed by atoms with E-state index in [9.17, 15) is 18.3 Å². The lowest BCUT2D eigenvalue weighted by Gasteiger charge is -2.38. The van der Waals surface area contributed by atoms with Gasteiger partial charge in [-0.1, -0.05) is 32.1 Å². The van der Waals surface area contributed by atoms with E-state index in [-0.39, 0.29) is 41.5 Å². The number of carbonyl (C=O) groups is 1. The quantitative estimate of drug-likeness (QED) is 0.638. The van der Waals surface area contributed by atoms with Crippen molar-refractivity contribution in [2.24, 2.45) is 11.8 Å². The second-order valence-corrected chi connectivity index (χ2v) is 11.2. The van der Waals surface area contributed by atoms with Crippen LogP contribution in [0.2, 0.25) is 0 Å². The maximum Gasteiger partial charge on any atom is 0.247 e. The molecule has 0 spiro atoms. The van der Waals surface area contributed by atoms with E-state index in [1.54, 1.807) is 31.0 Å². The highest BCUT2D eigenvalue weighted by molar-refractivity contribution is 7.89. The number of hydrogen-bond acceptors (Lipinski definition) is 5. The summed E-state index contributed by atoms with van der Waals surface area (Å²) >= 11 is 0. The van der Waals surface area contributed by atoms with E-state index in [2.05, 4.69) is 18.8 Å². The van der Waals surface area contributed by atoms with Gasteiger partial charge in [-0.2, -0.15) is 4.31 Å². The van der Waals surface area contributed by atoms with Gasteiger partial charge in [0.1, 0.15) is 16.7 Å². The number of ether oxygens (including phenoxy) is 1. The molecule has 0 aromatic heterocycles. The van der Waals surface area contributed by atoms with Gasteiger partial charge in [0, 0.05) is 43.5 Å². The van der Waals surface area contributed by atoms with Crippen LogP contribution in [-0.2, 0) is 14.8 Å². The maximum absolute atomic E-state index is 13.5. The Bertz CT molecular complexity index is 1010. The Labute approximate surface area is 198 Å². The van der Waals surface area contributed by atoms with E-state index in [4.69, 9.17) is 4.74 Å². The van der Waals surface area contributed by atoms with Crippen LogP contribution in [0.25, 0.3) is 0 Å². The summed E-state index contributed by atoms with van der Waals surface area (Å²) in [6, 6.07) is 4.32. The molecule has 3 rings (SSSR count). The minimum Gasteiger partial charge on any atom is -0.487 e. The second-order valence-electron chi connectivity index (χ2n) is 9.30. The lowest BCUT2D eigenvalue weighted by Crippen LogP contribution is -2.50. The van der Waals surface area contributed by atoms with Crippen molar-refractivity contribution in [3.05, 3.63) is 23.8 Å². The molecular weight excluding hydrogens is 440 g/mol. The molecule has 8 heteroatoms. The van der Waals surface area contributed by atoms with Crippen LogP contribution in [0.15, 0.2) is 23.1 Å². The van der Waals surface area contributed by atoms with Gasteiger partial charge >= 0.3 is 0 Å². The smallest absolute Gasteiger partial charge is 0.247 e. The molecule has 0 radical (unpaired) electrons. The highest BCUT2D eigenvalue weighted by Gasteiger charge is 2.39. The summed E-state index contributed by atoms with van der Waals surface area (Å²) < 4.78 is 34.7. The zero-order valence-electron chi connectivity index (χ0n) is 20.1. The summed E-state index contributed by atoms with van der Waals surface area (Å²) in [4.78, 5) is 14.5. The average Bonchev–Trinajstić information content (AvgIpc) is 2.74. The van der Waals surface area contributed by atoms with Crippen molar-refractivity contribution in [3.8, 4) is 17.6 Å². The normalized spacial score (nSPS) is 23.5. The molecule has 1 aliphatic carbocycles. The van der Waals surface area contributed by atoms with E-state index in [0.717, 1.165) is 32.1 Å². The van der Waals surface area contributed by atoms with E-state index >= 15 is 0 Å². The van der Waals surface area contributed by atoms with Gasteiger partial charge in [-0.15, -0.1) is 0 Å². The van der Waals surface area contributed by atoms with Crippen molar-refractivity contribution >= 4 is 15.9 Å². The molecule has 1 saturated carbocycles.